The molecule has 1 aromatic carbocycles. The van der Waals surface area contributed by atoms with Gasteiger partial charge in [0.2, 0.25) is 0 Å². The molecule has 0 aliphatic carbocycles. The van der Waals surface area contributed by atoms with Crippen molar-refractivity contribution in [2.24, 2.45) is 0 Å². The molecule has 1 unspecified atom stereocenters. The largest absolute Gasteiger partial charge is 0.448 e. The number of aromatic nitrogens is 1. The van der Waals surface area contributed by atoms with Gasteiger partial charge in [-0.25, -0.2) is 4.79 Å². The zero-order valence-corrected chi connectivity index (χ0v) is 17.8. The summed E-state index contributed by atoms with van der Waals surface area (Å²) in [5, 5.41) is 1.85. The molecule has 0 saturated carbocycles. The number of carbonyl (C=O) groups excluding carboxylic acids is 2. The highest BCUT2D eigenvalue weighted by Crippen LogP contribution is 2.23. The lowest BCUT2D eigenvalue weighted by atomic mass is 10.2. The lowest BCUT2D eigenvalue weighted by Crippen LogP contribution is -2.51. The van der Waals surface area contributed by atoms with Crippen molar-refractivity contribution in [3.63, 3.8) is 0 Å². The second-order valence-electron chi connectivity index (χ2n) is 7.36. The van der Waals surface area contributed by atoms with Crippen molar-refractivity contribution < 1.29 is 14.3 Å². The molecule has 1 aliphatic rings. The van der Waals surface area contributed by atoms with Crippen LogP contribution >= 0.6 is 11.3 Å². The number of nitrogens with zero attached hydrogens (tertiary/aromatic N) is 3. The molecular formula is C23H25N3O3S. The second-order valence-corrected chi connectivity index (χ2v) is 8.28. The predicted molar refractivity (Wildman–Crippen MR) is 117 cm³/mol. The Morgan fingerprint density at radius 2 is 1.70 bits per heavy atom. The van der Waals surface area contributed by atoms with Crippen molar-refractivity contribution in [1.29, 1.82) is 0 Å². The molecule has 2 aromatic heterocycles. The summed E-state index contributed by atoms with van der Waals surface area (Å²) in [7, 11) is 0. The first-order valence-electron chi connectivity index (χ1n) is 10.1. The van der Waals surface area contributed by atoms with Gasteiger partial charge in [0.05, 0.1) is 5.69 Å². The highest BCUT2D eigenvalue weighted by molar-refractivity contribution is 7.12. The molecule has 4 rings (SSSR count). The number of ether oxygens (including phenoxy) is 1. The summed E-state index contributed by atoms with van der Waals surface area (Å²) >= 11 is 1.32. The molecule has 0 bridgehead atoms. The van der Waals surface area contributed by atoms with Gasteiger partial charge < -0.3 is 14.2 Å². The van der Waals surface area contributed by atoms with E-state index in [2.05, 4.69) is 17.0 Å². The lowest BCUT2D eigenvalue weighted by Gasteiger charge is -2.35. The maximum absolute atomic E-state index is 12.8. The fourth-order valence-corrected chi connectivity index (χ4v) is 4.41. The molecule has 6 nitrogen and oxygen atoms in total. The standard InChI is InChI=1S/C23H25N3O3S/c1-18(29-23(28)21-20(9-16-30-21)25-10-5-6-11-25)22(27)26-14-12-24(13-15-26)17-19-7-3-2-4-8-19/h2-11,16,18H,12-15,17H2,1H3. The van der Waals surface area contributed by atoms with Crippen LogP contribution in [0.3, 0.4) is 0 Å². The van der Waals surface area contributed by atoms with Crippen LogP contribution in [0.1, 0.15) is 22.2 Å². The van der Waals surface area contributed by atoms with Crippen LogP contribution in [0.5, 0.6) is 0 Å². The molecule has 3 aromatic rings. The van der Waals surface area contributed by atoms with Gasteiger partial charge >= 0.3 is 5.97 Å². The molecule has 1 aliphatic heterocycles. The van der Waals surface area contributed by atoms with Crippen LogP contribution < -0.4 is 0 Å². The van der Waals surface area contributed by atoms with Gasteiger partial charge in [0.1, 0.15) is 4.88 Å². The first-order chi connectivity index (χ1) is 14.6. The number of carbonyl (C=O) groups is 2. The van der Waals surface area contributed by atoms with E-state index >= 15 is 0 Å². The molecule has 0 N–H and O–H groups in total. The Morgan fingerprint density at radius 3 is 2.40 bits per heavy atom. The molecule has 1 saturated heterocycles. The first-order valence-corrected chi connectivity index (χ1v) is 11.0. The van der Waals surface area contributed by atoms with Crippen molar-refractivity contribution in [3.8, 4) is 5.69 Å². The van der Waals surface area contributed by atoms with E-state index in [-0.39, 0.29) is 5.91 Å². The summed E-state index contributed by atoms with van der Waals surface area (Å²) in [5.74, 6) is -0.598. The van der Waals surface area contributed by atoms with Crippen molar-refractivity contribution in [2.45, 2.75) is 19.6 Å². The molecule has 7 heteroatoms. The zero-order chi connectivity index (χ0) is 20.9. The van der Waals surface area contributed by atoms with Gasteiger partial charge in [-0.05, 0) is 36.1 Å². The number of hydrogen-bond donors (Lipinski definition) is 0. The Labute approximate surface area is 180 Å². The quantitative estimate of drug-likeness (QED) is 0.570. The highest BCUT2D eigenvalue weighted by atomic mass is 32.1. The van der Waals surface area contributed by atoms with Crippen molar-refractivity contribution in [1.82, 2.24) is 14.4 Å². The van der Waals surface area contributed by atoms with E-state index in [0.717, 1.165) is 25.3 Å². The van der Waals surface area contributed by atoms with Crippen molar-refractivity contribution >= 4 is 23.2 Å². The Kier molecular flexibility index (Phi) is 6.30. The van der Waals surface area contributed by atoms with E-state index < -0.39 is 12.1 Å². The van der Waals surface area contributed by atoms with Crippen LogP contribution in [0.4, 0.5) is 0 Å². The number of piperazine rings is 1. The number of amides is 1. The topological polar surface area (TPSA) is 54.8 Å². The van der Waals surface area contributed by atoms with E-state index in [4.69, 9.17) is 4.74 Å². The van der Waals surface area contributed by atoms with Crippen LogP contribution in [-0.4, -0.2) is 58.5 Å². The van der Waals surface area contributed by atoms with Gasteiger partial charge in [-0.2, -0.15) is 0 Å². The van der Waals surface area contributed by atoms with Crippen LogP contribution in [0.25, 0.3) is 5.69 Å². The van der Waals surface area contributed by atoms with Gasteiger partial charge in [0.15, 0.2) is 6.10 Å². The fourth-order valence-electron chi connectivity index (χ4n) is 3.64. The molecule has 1 amide bonds. The first kappa shape index (κ1) is 20.4. The molecule has 1 fully saturated rings. The van der Waals surface area contributed by atoms with Crippen molar-refractivity contribution in [3.05, 3.63) is 76.7 Å². The minimum Gasteiger partial charge on any atom is -0.448 e. The Morgan fingerprint density at radius 1 is 1.00 bits per heavy atom. The van der Waals surface area contributed by atoms with E-state index in [1.165, 1.54) is 16.9 Å². The Bertz CT molecular complexity index is 976. The van der Waals surface area contributed by atoms with Crippen LogP contribution in [0.2, 0.25) is 0 Å². The van der Waals surface area contributed by atoms with E-state index in [0.29, 0.717) is 18.0 Å². The van der Waals surface area contributed by atoms with Gasteiger partial charge in [-0.1, -0.05) is 30.3 Å². The van der Waals surface area contributed by atoms with Gasteiger partial charge in [-0.15, -0.1) is 11.3 Å². The number of thiophene rings is 1. The average Bonchev–Trinajstić information content (AvgIpc) is 3.46. The molecule has 30 heavy (non-hydrogen) atoms. The molecule has 156 valence electrons. The summed E-state index contributed by atoms with van der Waals surface area (Å²) in [6.07, 6.45) is 2.95. The molecule has 0 radical (unpaired) electrons. The van der Waals surface area contributed by atoms with Crippen LogP contribution in [-0.2, 0) is 16.1 Å². The third-order valence-electron chi connectivity index (χ3n) is 5.28. The van der Waals surface area contributed by atoms with E-state index in [1.807, 2.05) is 58.7 Å². The molecule has 3 heterocycles. The monoisotopic (exact) mass is 423 g/mol. The zero-order valence-electron chi connectivity index (χ0n) is 16.9. The van der Waals surface area contributed by atoms with E-state index in [9.17, 15) is 9.59 Å². The second kappa shape index (κ2) is 9.28. The number of rotatable bonds is 6. The Hall–Kier alpha value is -2.90. The van der Waals surface area contributed by atoms with Gasteiger partial charge in [0, 0.05) is 45.1 Å². The summed E-state index contributed by atoms with van der Waals surface area (Å²) in [6.45, 7) is 5.43. The molecule has 0 spiro atoms. The number of hydrogen-bond acceptors (Lipinski definition) is 5. The third-order valence-corrected chi connectivity index (χ3v) is 6.16. The van der Waals surface area contributed by atoms with Crippen LogP contribution in [0.15, 0.2) is 66.3 Å². The Balaban J connectivity index is 1.30. The normalized spacial score (nSPS) is 15.7. The maximum atomic E-state index is 12.8. The summed E-state index contributed by atoms with van der Waals surface area (Å²) < 4.78 is 7.39. The minimum absolute atomic E-state index is 0.137. The van der Waals surface area contributed by atoms with Gasteiger partial charge in [-0.3, -0.25) is 9.69 Å². The maximum Gasteiger partial charge on any atom is 0.351 e. The summed E-state index contributed by atoms with van der Waals surface area (Å²) in [6, 6.07) is 16.0. The highest BCUT2D eigenvalue weighted by Gasteiger charge is 2.28. The van der Waals surface area contributed by atoms with Crippen LogP contribution in [0, 0.1) is 0 Å². The predicted octanol–water partition coefficient (Wildman–Crippen LogP) is 3.43. The number of benzene rings is 1. The summed E-state index contributed by atoms with van der Waals surface area (Å²) in [5.41, 5.74) is 2.04. The SMILES string of the molecule is CC(OC(=O)c1sccc1-n1cccc1)C(=O)N1CCN(Cc2ccccc2)CC1. The third kappa shape index (κ3) is 4.63. The fraction of sp³-hybridized carbons (Fsp3) is 0.304. The smallest absolute Gasteiger partial charge is 0.351 e. The van der Waals surface area contributed by atoms with Crippen molar-refractivity contribution in [2.75, 3.05) is 26.2 Å². The summed E-state index contributed by atoms with van der Waals surface area (Å²) in [4.78, 5) is 30.1. The minimum atomic E-state index is -0.808. The lowest BCUT2D eigenvalue weighted by molar-refractivity contribution is -0.141. The molecular weight excluding hydrogens is 398 g/mol. The molecule has 1 atom stereocenters. The number of esters is 1. The average molecular weight is 424 g/mol. The van der Waals surface area contributed by atoms with E-state index in [1.54, 1.807) is 11.8 Å². The van der Waals surface area contributed by atoms with Gasteiger partial charge in [0.25, 0.3) is 5.91 Å².